The van der Waals surface area contributed by atoms with Crippen molar-refractivity contribution in [2.24, 2.45) is 5.92 Å². The van der Waals surface area contributed by atoms with E-state index in [1.807, 2.05) is 0 Å². The van der Waals surface area contributed by atoms with Crippen molar-refractivity contribution < 1.29 is 9.59 Å². The first-order valence-corrected chi connectivity index (χ1v) is 7.57. The van der Waals surface area contributed by atoms with Crippen molar-refractivity contribution in [2.45, 2.75) is 51.1 Å². The van der Waals surface area contributed by atoms with E-state index >= 15 is 0 Å². The van der Waals surface area contributed by atoms with Crippen molar-refractivity contribution in [3.8, 4) is 0 Å². The molecule has 1 N–H and O–H groups in total. The van der Waals surface area contributed by atoms with Crippen molar-refractivity contribution >= 4 is 17.5 Å². The van der Waals surface area contributed by atoms with Gasteiger partial charge in [0.15, 0.2) is 0 Å². The maximum atomic E-state index is 12.8. The van der Waals surface area contributed by atoms with Crippen molar-refractivity contribution in [1.82, 2.24) is 15.3 Å². The Morgan fingerprint density at radius 1 is 1.14 bits per heavy atom. The van der Waals surface area contributed by atoms with Gasteiger partial charge in [0.25, 0.3) is 5.91 Å². The summed E-state index contributed by atoms with van der Waals surface area (Å²) in [6, 6.07) is -0.933. The van der Waals surface area contributed by atoms with Gasteiger partial charge in [-0.15, -0.1) is 0 Å². The van der Waals surface area contributed by atoms with E-state index in [1.54, 1.807) is 19.3 Å². The Morgan fingerprint density at radius 3 is 2.48 bits per heavy atom. The lowest BCUT2D eigenvalue weighted by Gasteiger charge is -2.40. The fraction of sp³-hybridized carbons (Fsp3) is 0.600. The van der Waals surface area contributed by atoms with Crippen molar-refractivity contribution in [2.75, 3.05) is 4.90 Å². The molecule has 2 unspecified atom stereocenters. The van der Waals surface area contributed by atoms with Crippen LogP contribution in [-0.2, 0) is 9.59 Å². The summed E-state index contributed by atoms with van der Waals surface area (Å²) < 4.78 is 0. The van der Waals surface area contributed by atoms with Gasteiger partial charge in [0.2, 0.25) is 5.91 Å². The molecule has 0 bridgehead atoms. The van der Waals surface area contributed by atoms with E-state index in [0.717, 1.165) is 25.7 Å². The summed E-state index contributed by atoms with van der Waals surface area (Å²) in [5.41, 5.74) is 0.589. The van der Waals surface area contributed by atoms with Crippen LogP contribution in [0.15, 0.2) is 18.7 Å². The quantitative estimate of drug-likeness (QED) is 0.889. The van der Waals surface area contributed by atoms with Crippen LogP contribution in [0.5, 0.6) is 0 Å². The molecule has 21 heavy (non-hydrogen) atoms. The summed E-state index contributed by atoms with van der Waals surface area (Å²) in [5, 5.41) is 2.91. The maximum absolute atomic E-state index is 12.8. The first-order chi connectivity index (χ1) is 10.2. The van der Waals surface area contributed by atoms with E-state index in [4.69, 9.17) is 0 Å². The second-order valence-electron chi connectivity index (χ2n) is 5.87. The Labute approximate surface area is 124 Å². The number of nitrogens with zero attached hydrogens (tertiary/aromatic N) is 3. The van der Waals surface area contributed by atoms with Gasteiger partial charge in [-0.2, -0.15) is 0 Å². The third-order valence-corrected chi connectivity index (χ3v) is 4.51. The lowest BCUT2D eigenvalue weighted by atomic mass is 9.82. The standard InChI is InChI=1S/C15H20N4O2/c1-10-14(20)18-13(11-5-3-2-4-6-11)15(21)19(10)12-7-16-9-17-8-12/h7-11,13H,2-6H2,1H3,(H,18,20). The third kappa shape index (κ3) is 2.62. The molecule has 2 amide bonds. The molecular weight excluding hydrogens is 268 g/mol. The van der Waals surface area contributed by atoms with Crippen LogP contribution in [0.3, 0.4) is 0 Å². The Balaban J connectivity index is 1.88. The Morgan fingerprint density at radius 2 is 1.81 bits per heavy atom. The fourth-order valence-corrected chi connectivity index (χ4v) is 3.35. The van der Waals surface area contributed by atoms with Crippen LogP contribution in [0.4, 0.5) is 5.69 Å². The summed E-state index contributed by atoms with van der Waals surface area (Å²) in [6.45, 7) is 1.73. The molecule has 1 aromatic rings. The van der Waals surface area contributed by atoms with Gasteiger partial charge in [0, 0.05) is 0 Å². The Kier molecular flexibility index (Phi) is 3.86. The first-order valence-electron chi connectivity index (χ1n) is 7.57. The molecule has 1 aromatic heterocycles. The minimum Gasteiger partial charge on any atom is -0.342 e. The molecule has 2 atom stereocenters. The molecule has 0 spiro atoms. The predicted octanol–water partition coefficient (Wildman–Crippen LogP) is 1.28. The van der Waals surface area contributed by atoms with Gasteiger partial charge < -0.3 is 5.32 Å². The van der Waals surface area contributed by atoms with Crippen LogP contribution in [0.25, 0.3) is 0 Å². The highest BCUT2D eigenvalue weighted by Crippen LogP contribution is 2.30. The van der Waals surface area contributed by atoms with Gasteiger partial charge >= 0.3 is 0 Å². The van der Waals surface area contributed by atoms with Gasteiger partial charge in [-0.1, -0.05) is 19.3 Å². The van der Waals surface area contributed by atoms with Crippen LogP contribution in [0, 0.1) is 5.92 Å². The molecule has 2 aliphatic rings. The predicted molar refractivity (Wildman–Crippen MR) is 77.5 cm³/mol. The third-order valence-electron chi connectivity index (χ3n) is 4.51. The van der Waals surface area contributed by atoms with Gasteiger partial charge in [-0.25, -0.2) is 9.97 Å². The SMILES string of the molecule is CC1C(=O)NC(C2CCCCC2)C(=O)N1c1cncnc1. The Bertz CT molecular complexity index is 528. The molecule has 1 aliphatic heterocycles. The highest BCUT2D eigenvalue weighted by atomic mass is 16.2. The minimum absolute atomic E-state index is 0.0381. The van der Waals surface area contributed by atoms with Gasteiger partial charge in [0.1, 0.15) is 18.4 Å². The number of nitrogens with one attached hydrogen (secondary N) is 1. The normalized spacial score (nSPS) is 27.6. The van der Waals surface area contributed by atoms with Gasteiger partial charge in [-0.05, 0) is 25.7 Å². The number of hydrogen-bond donors (Lipinski definition) is 1. The molecule has 6 heteroatoms. The molecule has 3 rings (SSSR count). The van der Waals surface area contributed by atoms with E-state index in [9.17, 15) is 9.59 Å². The highest BCUT2D eigenvalue weighted by Gasteiger charge is 2.42. The number of rotatable bonds is 2. The zero-order valence-electron chi connectivity index (χ0n) is 12.2. The number of aromatic nitrogens is 2. The number of piperazine rings is 1. The number of amides is 2. The number of carbonyl (C=O) groups is 2. The topological polar surface area (TPSA) is 75.2 Å². The van der Waals surface area contributed by atoms with Gasteiger partial charge in [0.05, 0.1) is 18.1 Å². The molecule has 1 aliphatic carbocycles. The van der Waals surface area contributed by atoms with E-state index in [2.05, 4.69) is 15.3 Å². The largest absolute Gasteiger partial charge is 0.342 e. The van der Waals surface area contributed by atoms with Crippen LogP contribution in [0.2, 0.25) is 0 Å². The number of carbonyl (C=O) groups excluding carboxylic acids is 2. The summed E-state index contributed by atoms with van der Waals surface area (Å²) in [7, 11) is 0. The molecule has 0 aromatic carbocycles. The van der Waals surface area contributed by atoms with E-state index < -0.39 is 12.1 Å². The summed E-state index contributed by atoms with van der Waals surface area (Å²) in [4.78, 5) is 34.5. The molecule has 2 fully saturated rings. The maximum Gasteiger partial charge on any atom is 0.250 e. The molecule has 2 heterocycles. The molecule has 1 saturated heterocycles. The molecule has 6 nitrogen and oxygen atoms in total. The minimum atomic E-state index is -0.525. The average molecular weight is 288 g/mol. The monoisotopic (exact) mass is 288 g/mol. The molecule has 112 valence electrons. The lowest BCUT2D eigenvalue weighted by Crippen LogP contribution is -2.64. The van der Waals surface area contributed by atoms with Crippen LogP contribution in [0.1, 0.15) is 39.0 Å². The zero-order chi connectivity index (χ0) is 14.8. The van der Waals surface area contributed by atoms with E-state index in [-0.39, 0.29) is 17.7 Å². The summed E-state index contributed by atoms with van der Waals surface area (Å²) in [5.74, 6) is 0.104. The van der Waals surface area contributed by atoms with E-state index in [1.165, 1.54) is 17.6 Å². The van der Waals surface area contributed by atoms with Crippen molar-refractivity contribution in [1.29, 1.82) is 0 Å². The van der Waals surface area contributed by atoms with Crippen molar-refractivity contribution in [3.05, 3.63) is 18.7 Å². The fourth-order valence-electron chi connectivity index (χ4n) is 3.35. The number of hydrogen-bond acceptors (Lipinski definition) is 4. The Hall–Kier alpha value is -1.98. The zero-order valence-corrected chi connectivity index (χ0v) is 12.2. The van der Waals surface area contributed by atoms with E-state index in [0.29, 0.717) is 5.69 Å². The summed E-state index contributed by atoms with van der Waals surface area (Å²) >= 11 is 0. The molecule has 1 saturated carbocycles. The van der Waals surface area contributed by atoms with Crippen LogP contribution < -0.4 is 10.2 Å². The first kappa shape index (κ1) is 14.0. The van der Waals surface area contributed by atoms with Crippen LogP contribution >= 0.6 is 0 Å². The second-order valence-corrected chi connectivity index (χ2v) is 5.87. The number of anilines is 1. The van der Waals surface area contributed by atoms with Gasteiger partial charge in [-0.3, -0.25) is 14.5 Å². The average Bonchev–Trinajstić information content (AvgIpc) is 2.53. The summed E-state index contributed by atoms with van der Waals surface area (Å²) in [6.07, 6.45) is 10.1. The molecule has 0 radical (unpaired) electrons. The lowest BCUT2D eigenvalue weighted by molar-refractivity contribution is -0.135. The molecular formula is C15H20N4O2. The van der Waals surface area contributed by atoms with Crippen molar-refractivity contribution in [3.63, 3.8) is 0 Å². The van der Waals surface area contributed by atoms with Crippen LogP contribution in [-0.4, -0.2) is 33.9 Å². The highest BCUT2D eigenvalue weighted by molar-refractivity contribution is 6.08. The smallest absolute Gasteiger partial charge is 0.250 e. The second kappa shape index (κ2) is 5.79.